The summed E-state index contributed by atoms with van der Waals surface area (Å²) in [7, 11) is 0. The van der Waals surface area contributed by atoms with Gasteiger partial charge in [-0.3, -0.25) is 5.41 Å². The molecule has 1 fully saturated rings. The Bertz CT molecular complexity index is 630. The molecular weight excluding hydrogens is 355 g/mol. The van der Waals surface area contributed by atoms with Crippen molar-refractivity contribution in [2.24, 2.45) is 5.92 Å². The maximum atomic E-state index is 7.84. The summed E-state index contributed by atoms with van der Waals surface area (Å²) in [6, 6.07) is 5.72. The fourth-order valence-corrected chi connectivity index (χ4v) is 3.16. The van der Waals surface area contributed by atoms with Crippen molar-refractivity contribution in [2.45, 2.75) is 18.9 Å². The van der Waals surface area contributed by atoms with Crippen molar-refractivity contribution < 1.29 is 4.74 Å². The Morgan fingerprint density at radius 3 is 2.74 bits per heavy atom. The van der Waals surface area contributed by atoms with Crippen molar-refractivity contribution in [1.29, 1.82) is 5.41 Å². The molecule has 0 amide bonds. The standard InChI is InChI=1S/C17H19Cl3N2O/c1-10(18)3-6-17(21)23-11(2)13-8-22-9-14(13)12-4-5-15(19)16(20)7-12/h3-7,11,13-14,21-22H,1,8-9H2,2H3/b6-3-,21-17?. The van der Waals surface area contributed by atoms with Crippen LogP contribution in [-0.2, 0) is 4.74 Å². The zero-order valence-electron chi connectivity index (χ0n) is 12.8. The van der Waals surface area contributed by atoms with Crippen molar-refractivity contribution in [3.8, 4) is 0 Å². The van der Waals surface area contributed by atoms with E-state index in [1.165, 1.54) is 6.08 Å². The Kier molecular flexibility index (Phi) is 6.54. The number of nitrogens with one attached hydrogen (secondary N) is 2. The molecule has 0 aromatic heterocycles. The van der Waals surface area contributed by atoms with Crippen LogP contribution >= 0.6 is 34.8 Å². The van der Waals surface area contributed by atoms with E-state index >= 15 is 0 Å². The second-order valence-corrected chi connectivity index (χ2v) is 6.87. The van der Waals surface area contributed by atoms with E-state index in [0.29, 0.717) is 15.1 Å². The molecule has 23 heavy (non-hydrogen) atoms. The van der Waals surface area contributed by atoms with Gasteiger partial charge in [-0.2, -0.15) is 0 Å². The van der Waals surface area contributed by atoms with Gasteiger partial charge in [0.15, 0.2) is 0 Å². The summed E-state index contributed by atoms with van der Waals surface area (Å²) in [5.41, 5.74) is 1.13. The second kappa shape index (κ2) is 8.20. The minimum atomic E-state index is -0.120. The van der Waals surface area contributed by atoms with E-state index in [-0.39, 0.29) is 23.8 Å². The molecule has 124 valence electrons. The predicted octanol–water partition coefficient (Wildman–Crippen LogP) is 4.99. The largest absolute Gasteiger partial charge is 0.475 e. The molecule has 1 aliphatic heterocycles. The Morgan fingerprint density at radius 1 is 1.35 bits per heavy atom. The van der Waals surface area contributed by atoms with Crippen LogP contribution in [0, 0.1) is 11.3 Å². The minimum Gasteiger partial charge on any atom is -0.475 e. The molecule has 0 bridgehead atoms. The van der Waals surface area contributed by atoms with E-state index in [4.69, 9.17) is 44.9 Å². The van der Waals surface area contributed by atoms with Crippen LogP contribution in [0.5, 0.6) is 0 Å². The summed E-state index contributed by atoms with van der Waals surface area (Å²) in [6.45, 7) is 7.19. The molecular formula is C17H19Cl3N2O. The lowest BCUT2D eigenvalue weighted by molar-refractivity contribution is 0.139. The van der Waals surface area contributed by atoms with Gasteiger partial charge >= 0.3 is 0 Å². The lowest BCUT2D eigenvalue weighted by Gasteiger charge is -2.26. The molecule has 2 N–H and O–H groups in total. The number of rotatable bonds is 5. The molecule has 3 nitrogen and oxygen atoms in total. The van der Waals surface area contributed by atoms with Gasteiger partial charge in [-0.25, -0.2) is 0 Å². The Morgan fingerprint density at radius 2 is 2.09 bits per heavy atom. The molecule has 0 aliphatic carbocycles. The van der Waals surface area contributed by atoms with Crippen LogP contribution in [0.2, 0.25) is 10.0 Å². The second-order valence-electron chi connectivity index (χ2n) is 5.57. The lowest BCUT2D eigenvalue weighted by atomic mass is 9.85. The number of benzene rings is 1. The zero-order valence-corrected chi connectivity index (χ0v) is 15.1. The molecule has 1 heterocycles. The van der Waals surface area contributed by atoms with Crippen molar-refractivity contribution in [1.82, 2.24) is 5.32 Å². The third-order valence-corrected chi connectivity index (χ3v) is 4.83. The minimum absolute atomic E-state index is 0.0686. The fourth-order valence-electron chi connectivity index (χ4n) is 2.79. The topological polar surface area (TPSA) is 45.1 Å². The molecule has 3 unspecified atom stereocenters. The zero-order chi connectivity index (χ0) is 17.0. The van der Waals surface area contributed by atoms with Crippen molar-refractivity contribution in [3.63, 3.8) is 0 Å². The average molecular weight is 374 g/mol. The first-order valence-electron chi connectivity index (χ1n) is 7.32. The first kappa shape index (κ1) is 18.3. The van der Waals surface area contributed by atoms with Gasteiger partial charge in [0.2, 0.25) is 5.90 Å². The SMILES string of the molecule is C=C(Cl)/C=C\C(=N)OC(C)C1CNCC1c1ccc(Cl)c(Cl)c1. The first-order chi connectivity index (χ1) is 10.9. The van der Waals surface area contributed by atoms with Gasteiger partial charge in [-0.15, -0.1) is 0 Å². The van der Waals surface area contributed by atoms with Crippen LogP contribution in [-0.4, -0.2) is 25.1 Å². The summed E-state index contributed by atoms with van der Waals surface area (Å²) in [5, 5.41) is 12.7. The maximum Gasteiger partial charge on any atom is 0.205 e. The maximum absolute atomic E-state index is 7.84. The highest BCUT2D eigenvalue weighted by Crippen LogP contribution is 2.34. The van der Waals surface area contributed by atoms with E-state index < -0.39 is 0 Å². The summed E-state index contributed by atoms with van der Waals surface area (Å²) in [5.74, 6) is 0.568. The summed E-state index contributed by atoms with van der Waals surface area (Å²) < 4.78 is 5.69. The number of hydrogen-bond donors (Lipinski definition) is 2. The average Bonchev–Trinajstić information content (AvgIpc) is 2.97. The number of halogens is 3. The van der Waals surface area contributed by atoms with E-state index in [1.54, 1.807) is 6.08 Å². The van der Waals surface area contributed by atoms with E-state index in [1.807, 2.05) is 25.1 Å². The highest BCUT2D eigenvalue weighted by molar-refractivity contribution is 6.42. The van der Waals surface area contributed by atoms with Gasteiger partial charge in [-0.1, -0.05) is 47.4 Å². The van der Waals surface area contributed by atoms with E-state index in [9.17, 15) is 0 Å². The predicted molar refractivity (Wildman–Crippen MR) is 98.0 cm³/mol. The lowest BCUT2D eigenvalue weighted by Crippen LogP contribution is -2.28. The molecule has 0 radical (unpaired) electrons. The quantitative estimate of drug-likeness (QED) is 0.434. The molecule has 0 spiro atoms. The highest BCUT2D eigenvalue weighted by atomic mass is 35.5. The Labute approximate surface area is 151 Å². The van der Waals surface area contributed by atoms with Crippen molar-refractivity contribution in [3.05, 3.63) is 57.6 Å². The van der Waals surface area contributed by atoms with Crippen molar-refractivity contribution >= 4 is 40.7 Å². The highest BCUT2D eigenvalue weighted by Gasteiger charge is 2.34. The molecule has 3 atom stereocenters. The van der Waals surface area contributed by atoms with Gasteiger partial charge in [0, 0.05) is 36.0 Å². The van der Waals surface area contributed by atoms with Crippen molar-refractivity contribution in [2.75, 3.05) is 13.1 Å². The van der Waals surface area contributed by atoms with Crippen LogP contribution in [0.15, 0.2) is 42.0 Å². The Balaban J connectivity index is 2.07. The molecule has 2 rings (SSSR count). The monoisotopic (exact) mass is 372 g/mol. The van der Waals surface area contributed by atoms with Crippen LogP contribution in [0.25, 0.3) is 0 Å². The summed E-state index contributed by atoms with van der Waals surface area (Å²) in [4.78, 5) is 0. The normalized spacial score (nSPS) is 22.3. The molecule has 1 aromatic carbocycles. The van der Waals surface area contributed by atoms with E-state index in [2.05, 4.69) is 11.9 Å². The van der Waals surface area contributed by atoms with Gasteiger partial charge in [0.05, 0.1) is 10.0 Å². The van der Waals surface area contributed by atoms with Gasteiger partial charge < -0.3 is 10.1 Å². The molecule has 6 heteroatoms. The molecule has 1 aliphatic rings. The summed E-state index contributed by atoms with van der Waals surface area (Å²) in [6.07, 6.45) is 2.92. The van der Waals surface area contributed by atoms with Gasteiger partial charge in [0.25, 0.3) is 0 Å². The van der Waals surface area contributed by atoms with Gasteiger partial charge in [-0.05, 0) is 30.7 Å². The molecule has 1 saturated heterocycles. The summed E-state index contributed by atoms with van der Waals surface area (Å²) >= 11 is 17.8. The van der Waals surface area contributed by atoms with E-state index in [0.717, 1.165) is 18.7 Å². The number of ether oxygens (including phenoxy) is 1. The first-order valence-corrected chi connectivity index (χ1v) is 8.45. The van der Waals surface area contributed by atoms with Crippen LogP contribution in [0.4, 0.5) is 0 Å². The van der Waals surface area contributed by atoms with Gasteiger partial charge in [0.1, 0.15) is 6.10 Å². The fraction of sp³-hybridized carbons (Fsp3) is 0.353. The van der Waals surface area contributed by atoms with Crippen LogP contribution < -0.4 is 5.32 Å². The van der Waals surface area contributed by atoms with Crippen LogP contribution in [0.3, 0.4) is 0 Å². The Hall–Kier alpha value is -1.000. The number of hydrogen-bond acceptors (Lipinski definition) is 3. The smallest absolute Gasteiger partial charge is 0.205 e. The molecule has 0 saturated carbocycles. The third kappa shape index (κ3) is 4.98. The number of allylic oxidation sites excluding steroid dienone is 2. The molecule has 1 aromatic rings. The van der Waals surface area contributed by atoms with Crippen LogP contribution in [0.1, 0.15) is 18.4 Å². The third-order valence-electron chi connectivity index (χ3n) is 3.96.